The van der Waals surface area contributed by atoms with E-state index in [1.807, 2.05) is 13.8 Å². The summed E-state index contributed by atoms with van der Waals surface area (Å²) < 4.78 is 24.6. The summed E-state index contributed by atoms with van der Waals surface area (Å²) >= 11 is 6.19. The van der Waals surface area contributed by atoms with Gasteiger partial charge in [0.05, 0.1) is 24.4 Å². The molecule has 0 fully saturated rings. The molecule has 0 atom stereocenters. The van der Waals surface area contributed by atoms with E-state index in [9.17, 15) is 9.18 Å². The van der Waals surface area contributed by atoms with Crippen LogP contribution < -0.4 is 14.8 Å². The Hall–Kier alpha value is -2.27. The van der Waals surface area contributed by atoms with Crippen LogP contribution in [0.1, 0.15) is 29.3 Å². The molecule has 0 saturated carbocycles. The van der Waals surface area contributed by atoms with Crippen LogP contribution in [0.4, 0.5) is 10.1 Å². The molecule has 0 heterocycles. The lowest BCUT2D eigenvalue weighted by atomic mass is 10.1. The summed E-state index contributed by atoms with van der Waals surface area (Å²) in [5.41, 5.74) is 1.20. The summed E-state index contributed by atoms with van der Waals surface area (Å²) in [5.74, 6) is -0.248. The van der Waals surface area contributed by atoms with Gasteiger partial charge in [-0.15, -0.1) is 0 Å². The highest BCUT2D eigenvalue weighted by Crippen LogP contribution is 2.36. The fourth-order valence-electron chi connectivity index (χ4n) is 2.12. The normalized spacial score (nSPS) is 10.4. The van der Waals surface area contributed by atoms with Gasteiger partial charge < -0.3 is 14.8 Å². The maximum atomic E-state index is 13.8. The molecule has 24 heavy (non-hydrogen) atoms. The van der Waals surface area contributed by atoms with Crippen molar-refractivity contribution in [3.05, 3.63) is 52.3 Å². The van der Waals surface area contributed by atoms with Gasteiger partial charge in [-0.05, 0) is 43.2 Å². The number of ether oxygens (including phenoxy) is 2. The summed E-state index contributed by atoms with van der Waals surface area (Å²) in [6.07, 6.45) is 0.814. The molecule has 2 aromatic carbocycles. The third-order valence-corrected chi connectivity index (χ3v) is 3.59. The second kappa shape index (κ2) is 8.02. The molecule has 1 N–H and O–H groups in total. The van der Waals surface area contributed by atoms with Gasteiger partial charge in [0.1, 0.15) is 5.82 Å². The Balaban J connectivity index is 2.29. The predicted molar refractivity (Wildman–Crippen MR) is 92.9 cm³/mol. The van der Waals surface area contributed by atoms with Gasteiger partial charge in [-0.25, -0.2) is 4.39 Å². The number of anilines is 1. The fraction of sp³-hybridized carbons (Fsp3) is 0.278. The molecule has 2 rings (SSSR count). The Morgan fingerprint density at radius 3 is 2.71 bits per heavy atom. The number of benzene rings is 2. The van der Waals surface area contributed by atoms with Crippen molar-refractivity contribution >= 4 is 23.2 Å². The molecule has 0 radical (unpaired) electrons. The van der Waals surface area contributed by atoms with Crippen molar-refractivity contribution < 1.29 is 18.7 Å². The first-order valence-electron chi connectivity index (χ1n) is 7.54. The van der Waals surface area contributed by atoms with Crippen LogP contribution in [-0.2, 0) is 0 Å². The van der Waals surface area contributed by atoms with Crippen LogP contribution in [-0.4, -0.2) is 19.6 Å². The summed E-state index contributed by atoms with van der Waals surface area (Å²) in [4.78, 5) is 12.4. The third-order valence-electron chi connectivity index (χ3n) is 3.31. The van der Waals surface area contributed by atoms with Gasteiger partial charge in [-0.1, -0.05) is 24.6 Å². The van der Waals surface area contributed by atoms with E-state index in [1.54, 1.807) is 12.1 Å². The Kier molecular flexibility index (Phi) is 6.04. The monoisotopic (exact) mass is 351 g/mol. The highest BCUT2D eigenvalue weighted by Gasteiger charge is 2.17. The van der Waals surface area contributed by atoms with E-state index >= 15 is 0 Å². The van der Waals surface area contributed by atoms with Crippen molar-refractivity contribution in [3.63, 3.8) is 0 Å². The van der Waals surface area contributed by atoms with E-state index in [0.717, 1.165) is 12.0 Å². The molecular weight excluding hydrogens is 333 g/mol. The minimum atomic E-state index is -0.505. The fourth-order valence-corrected chi connectivity index (χ4v) is 2.39. The lowest BCUT2D eigenvalue weighted by molar-refractivity contribution is 0.102. The van der Waals surface area contributed by atoms with Crippen LogP contribution in [0.25, 0.3) is 0 Å². The van der Waals surface area contributed by atoms with Crippen molar-refractivity contribution in [1.82, 2.24) is 0 Å². The quantitative estimate of drug-likeness (QED) is 0.810. The Morgan fingerprint density at radius 1 is 1.29 bits per heavy atom. The highest BCUT2D eigenvalue weighted by atomic mass is 35.5. The minimum Gasteiger partial charge on any atom is -0.493 e. The van der Waals surface area contributed by atoms with Crippen LogP contribution in [0, 0.1) is 12.7 Å². The zero-order valence-electron chi connectivity index (χ0n) is 13.8. The Labute approximate surface area is 145 Å². The van der Waals surface area contributed by atoms with Crippen LogP contribution in [0.5, 0.6) is 11.5 Å². The second-order valence-electron chi connectivity index (χ2n) is 5.28. The molecule has 4 nitrogen and oxygen atoms in total. The molecule has 1 amide bonds. The molecule has 0 aliphatic heterocycles. The number of hydrogen-bond acceptors (Lipinski definition) is 3. The summed E-state index contributed by atoms with van der Waals surface area (Å²) in [6, 6.07) is 7.48. The molecule has 6 heteroatoms. The number of amides is 1. The molecule has 0 unspecified atom stereocenters. The van der Waals surface area contributed by atoms with Gasteiger partial charge in [0.15, 0.2) is 11.5 Å². The molecular formula is C18H19ClFNO3. The van der Waals surface area contributed by atoms with Crippen molar-refractivity contribution in [3.8, 4) is 11.5 Å². The molecule has 2 aromatic rings. The maximum absolute atomic E-state index is 13.8. The van der Waals surface area contributed by atoms with Crippen molar-refractivity contribution in [2.45, 2.75) is 20.3 Å². The standard InChI is InChI=1S/C18H19ClFNO3/c1-4-7-24-17-13(19)9-12(10-16(17)23-3)18(22)21-15-8-11(2)5-6-14(15)20/h5-6,8-10H,4,7H2,1-3H3,(H,21,22). The van der Waals surface area contributed by atoms with Crippen LogP contribution in [0.3, 0.4) is 0 Å². The number of rotatable bonds is 6. The van der Waals surface area contributed by atoms with E-state index in [4.69, 9.17) is 21.1 Å². The van der Waals surface area contributed by atoms with E-state index in [-0.39, 0.29) is 16.3 Å². The number of carbonyl (C=O) groups excluding carboxylic acids is 1. The Bertz CT molecular complexity index is 749. The predicted octanol–water partition coefficient (Wildman–Crippen LogP) is 4.84. The molecule has 0 aliphatic rings. The molecule has 0 saturated heterocycles. The molecule has 0 bridgehead atoms. The highest BCUT2D eigenvalue weighted by molar-refractivity contribution is 6.32. The number of carbonyl (C=O) groups is 1. The molecule has 128 valence electrons. The SMILES string of the molecule is CCCOc1c(Cl)cc(C(=O)Nc2cc(C)ccc2F)cc1OC. The lowest BCUT2D eigenvalue weighted by Gasteiger charge is -2.14. The van der Waals surface area contributed by atoms with Gasteiger partial charge >= 0.3 is 0 Å². The zero-order valence-corrected chi connectivity index (χ0v) is 14.5. The van der Waals surface area contributed by atoms with Crippen LogP contribution in [0.2, 0.25) is 5.02 Å². The summed E-state index contributed by atoms with van der Waals surface area (Å²) in [6.45, 7) is 4.27. The average Bonchev–Trinajstić information content (AvgIpc) is 2.56. The first kappa shape index (κ1) is 18.1. The summed E-state index contributed by atoms with van der Waals surface area (Å²) in [5, 5.41) is 2.80. The number of halogens is 2. The van der Waals surface area contributed by atoms with Gasteiger partial charge in [0.2, 0.25) is 0 Å². The molecule has 0 aromatic heterocycles. The first-order chi connectivity index (χ1) is 11.5. The van der Waals surface area contributed by atoms with E-state index in [2.05, 4.69) is 5.32 Å². The van der Waals surface area contributed by atoms with E-state index < -0.39 is 11.7 Å². The van der Waals surface area contributed by atoms with Crippen molar-refractivity contribution in [2.75, 3.05) is 19.0 Å². The molecule has 0 spiro atoms. The Morgan fingerprint density at radius 2 is 2.04 bits per heavy atom. The topological polar surface area (TPSA) is 47.6 Å². The minimum absolute atomic E-state index is 0.112. The zero-order chi connectivity index (χ0) is 17.7. The van der Waals surface area contributed by atoms with E-state index in [1.165, 1.54) is 25.3 Å². The van der Waals surface area contributed by atoms with Crippen LogP contribution >= 0.6 is 11.6 Å². The average molecular weight is 352 g/mol. The first-order valence-corrected chi connectivity index (χ1v) is 7.92. The van der Waals surface area contributed by atoms with Gasteiger partial charge in [0.25, 0.3) is 5.91 Å². The van der Waals surface area contributed by atoms with Crippen molar-refractivity contribution in [2.24, 2.45) is 0 Å². The van der Waals surface area contributed by atoms with Crippen LogP contribution in [0.15, 0.2) is 30.3 Å². The van der Waals surface area contributed by atoms with Crippen molar-refractivity contribution in [1.29, 1.82) is 0 Å². The number of aryl methyl sites for hydroxylation is 1. The smallest absolute Gasteiger partial charge is 0.255 e. The molecule has 0 aliphatic carbocycles. The number of methoxy groups -OCH3 is 1. The number of nitrogens with one attached hydrogen (secondary N) is 1. The van der Waals surface area contributed by atoms with Gasteiger partial charge in [-0.3, -0.25) is 4.79 Å². The largest absolute Gasteiger partial charge is 0.493 e. The number of hydrogen-bond donors (Lipinski definition) is 1. The third kappa shape index (κ3) is 4.17. The second-order valence-corrected chi connectivity index (χ2v) is 5.68. The van der Waals surface area contributed by atoms with Gasteiger partial charge in [0, 0.05) is 5.56 Å². The lowest BCUT2D eigenvalue weighted by Crippen LogP contribution is -2.13. The summed E-state index contributed by atoms with van der Waals surface area (Å²) in [7, 11) is 1.46. The van der Waals surface area contributed by atoms with E-state index in [0.29, 0.717) is 18.1 Å². The van der Waals surface area contributed by atoms with Gasteiger partial charge in [-0.2, -0.15) is 0 Å². The maximum Gasteiger partial charge on any atom is 0.255 e.